The fourth-order valence-corrected chi connectivity index (χ4v) is 2.85. The van der Waals surface area contributed by atoms with E-state index in [2.05, 4.69) is 45.5 Å². The van der Waals surface area contributed by atoms with Gasteiger partial charge in [0.05, 0.1) is 11.6 Å². The largest absolute Gasteiger partial charge is 0.495 e. The van der Waals surface area contributed by atoms with Crippen LogP contribution in [0.3, 0.4) is 0 Å². The highest BCUT2D eigenvalue weighted by Crippen LogP contribution is 2.27. The third-order valence-corrected chi connectivity index (χ3v) is 4.26. The Morgan fingerprint density at radius 2 is 1.95 bits per heavy atom. The SMILES string of the molecule is COc1cc(NCCSc2ccccc2)ccc1Br. The fourth-order valence-electron chi connectivity index (χ4n) is 1.65. The number of anilines is 1. The lowest BCUT2D eigenvalue weighted by Gasteiger charge is -2.09. The molecule has 0 fully saturated rings. The minimum atomic E-state index is 0.848. The number of ether oxygens (including phenoxy) is 1. The van der Waals surface area contributed by atoms with Crippen LogP contribution in [0.2, 0.25) is 0 Å². The first kappa shape index (κ1) is 14.3. The molecule has 0 aromatic heterocycles. The minimum Gasteiger partial charge on any atom is -0.495 e. The third kappa shape index (κ3) is 4.48. The third-order valence-electron chi connectivity index (χ3n) is 2.59. The fraction of sp³-hybridized carbons (Fsp3) is 0.200. The van der Waals surface area contributed by atoms with Gasteiger partial charge in [0.25, 0.3) is 0 Å². The summed E-state index contributed by atoms with van der Waals surface area (Å²) < 4.78 is 6.24. The summed E-state index contributed by atoms with van der Waals surface area (Å²) in [6.07, 6.45) is 0. The summed E-state index contributed by atoms with van der Waals surface area (Å²) in [6.45, 7) is 0.921. The average Bonchev–Trinajstić information content (AvgIpc) is 2.46. The van der Waals surface area contributed by atoms with Crippen LogP contribution in [0, 0.1) is 0 Å². The van der Waals surface area contributed by atoms with Crippen LogP contribution in [-0.4, -0.2) is 19.4 Å². The molecule has 0 aliphatic carbocycles. The Kier molecular flexibility index (Phi) is 5.61. The number of nitrogens with one attached hydrogen (secondary N) is 1. The number of benzene rings is 2. The summed E-state index contributed by atoms with van der Waals surface area (Å²) in [6, 6.07) is 16.5. The molecule has 19 heavy (non-hydrogen) atoms. The molecule has 0 unspecified atom stereocenters. The van der Waals surface area contributed by atoms with Gasteiger partial charge in [-0.3, -0.25) is 0 Å². The molecule has 0 aliphatic heterocycles. The smallest absolute Gasteiger partial charge is 0.135 e. The molecule has 0 amide bonds. The standard InChI is InChI=1S/C15H16BrNOS/c1-18-15-11-12(7-8-14(15)16)17-9-10-19-13-5-3-2-4-6-13/h2-8,11,17H,9-10H2,1H3. The number of hydrogen-bond donors (Lipinski definition) is 1. The summed E-state index contributed by atoms with van der Waals surface area (Å²) in [5, 5.41) is 3.40. The molecule has 100 valence electrons. The Morgan fingerprint density at radius 3 is 2.68 bits per heavy atom. The average molecular weight is 338 g/mol. The maximum Gasteiger partial charge on any atom is 0.135 e. The molecule has 2 nitrogen and oxygen atoms in total. The quantitative estimate of drug-likeness (QED) is 0.611. The molecule has 2 aromatic carbocycles. The van der Waals surface area contributed by atoms with Crippen molar-refractivity contribution in [2.45, 2.75) is 4.90 Å². The van der Waals surface area contributed by atoms with E-state index in [1.807, 2.05) is 36.0 Å². The second kappa shape index (κ2) is 7.46. The van der Waals surface area contributed by atoms with Gasteiger partial charge in [0.1, 0.15) is 5.75 Å². The van der Waals surface area contributed by atoms with E-state index in [0.717, 1.165) is 28.2 Å². The normalized spacial score (nSPS) is 10.2. The van der Waals surface area contributed by atoms with Crippen molar-refractivity contribution in [2.24, 2.45) is 0 Å². The van der Waals surface area contributed by atoms with Crippen LogP contribution in [0.25, 0.3) is 0 Å². The monoisotopic (exact) mass is 337 g/mol. The van der Waals surface area contributed by atoms with Crippen molar-refractivity contribution in [3.05, 3.63) is 53.0 Å². The summed E-state index contributed by atoms with van der Waals surface area (Å²) in [5.41, 5.74) is 1.08. The van der Waals surface area contributed by atoms with E-state index in [0.29, 0.717) is 0 Å². The Labute approximate surface area is 126 Å². The molecule has 0 bridgehead atoms. The molecule has 1 N–H and O–H groups in total. The number of methoxy groups -OCH3 is 1. The maximum atomic E-state index is 5.27. The summed E-state index contributed by atoms with van der Waals surface area (Å²) >= 11 is 5.30. The second-order valence-corrected chi connectivity index (χ2v) is 5.96. The number of hydrogen-bond acceptors (Lipinski definition) is 3. The second-order valence-electron chi connectivity index (χ2n) is 3.94. The molecule has 0 heterocycles. The topological polar surface area (TPSA) is 21.3 Å². The first-order valence-electron chi connectivity index (χ1n) is 6.05. The molecule has 0 radical (unpaired) electrons. The molecular weight excluding hydrogens is 322 g/mol. The van der Waals surface area contributed by atoms with Crippen LogP contribution in [0.15, 0.2) is 57.9 Å². The van der Waals surface area contributed by atoms with Gasteiger partial charge in [-0.05, 0) is 40.2 Å². The van der Waals surface area contributed by atoms with Crippen molar-refractivity contribution in [3.8, 4) is 5.75 Å². The van der Waals surface area contributed by atoms with Gasteiger partial charge in [0.2, 0.25) is 0 Å². The highest BCUT2D eigenvalue weighted by molar-refractivity contribution is 9.10. The highest BCUT2D eigenvalue weighted by Gasteiger charge is 2.01. The van der Waals surface area contributed by atoms with Crippen molar-refractivity contribution in [3.63, 3.8) is 0 Å². The van der Waals surface area contributed by atoms with E-state index in [9.17, 15) is 0 Å². The Hall–Kier alpha value is -1.13. The van der Waals surface area contributed by atoms with Gasteiger partial charge in [-0.15, -0.1) is 11.8 Å². The molecule has 0 saturated carbocycles. The van der Waals surface area contributed by atoms with E-state index in [-0.39, 0.29) is 0 Å². The van der Waals surface area contributed by atoms with Gasteiger partial charge in [-0.1, -0.05) is 18.2 Å². The van der Waals surface area contributed by atoms with Crippen molar-refractivity contribution in [2.75, 3.05) is 24.7 Å². The molecule has 0 spiro atoms. The van der Waals surface area contributed by atoms with Crippen molar-refractivity contribution in [1.82, 2.24) is 0 Å². The maximum absolute atomic E-state index is 5.27. The molecule has 0 aliphatic rings. The first-order chi connectivity index (χ1) is 9.29. The van der Waals surface area contributed by atoms with E-state index < -0.39 is 0 Å². The van der Waals surface area contributed by atoms with Crippen molar-refractivity contribution in [1.29, 1.82) is 0 Å². The van der Waals surface area contributed by atoms with Crippen molar-refractivity contribution < 1.29 is 4.74 Å². The Bertz CT molecular complexity index is 519. The molecule has 2 aromatic rings. The molecule has 2 rings (SSSR count). The van der Waals surface area contributed by atoms with Crippen LogP contribution in [0.4, 0.5) is 5.69 Å². The van der Waals surface area contributed by atoms with Crippen LogP contribution >= 0.6 is 27.7 Å². The minimum absolute atomic E-state index is 0.848. The van der Waals surface area contributed by atoms with Crippen LogP contribution in [0.1, 0.15) is 0 Å². The van der Waals surface area contributed by atoms with Crippen LogP contribution in [-0.2, 0) is 0 Å². The summed E-state index contributed by atoms with van der Waals surface area (Å²) in [7, 11) is 1.68. The van der Waals surface area contributed by atoms with E-state index in [1.165, 1.54) is 4.90 Å². The zero-order valence-corrected chi connectivity index (χ0v) is 13.1. The highest BCUT2D eigenvalue weighted by atomic mass is 79.9. The molecular formula is C15H16BrNOS. The predicted molar refractivity (Wildman–Crippen MR) is 86.3 cm³/mol. The van der Waals surface area contributed by atoms with E-state index >= 15 is 0 Å². The Balaban J connectivity index is 1.80. The molecule has 4 heteroatoms. The predicted octanol–water partition coefficient (Wildman–Crippen LogP) is 4.66. The zero-order valence-electron chi connectivity index (χ0n) is 10.7. The van der Waals surface area contributed by atoms with Gasteiger partial charge in [-0.2, -0.15) is 0 Å². The van der Waals surface area contributed by atoms with Crippen molar-refractivity contribution >= 4 is 33.4 Å². The van der Waals surface area contributed by atoms with Gasteiger partial charge in [0.15, 0.2) is 0 Å². The number of halogens is 1. The Morgan fingerprint density at radius 1 is 1.16 bits per heavy atom. The van der Waals surface area contributed by atoms with E-state index in [4.69, 9.17) is 4.74 Å². The van der Waals surface area contributed by atoms with Gasteiger partial charge >= 0.3 is 0 Å². The molecule has 0 saturated heterocycles. The summed E-state index contributed by atoms with van der Waals surface area (Å²) in [5.74, 6) is 1.88. The number of thioether (sulfide) groups is 1. The van der Waals surface area contributed by atoms with Gasteiger partial charge < -0.3 is 10.1 Å². The van der Waals surface area contributed by atoms with Gasteiger partial charge in [0, 0.05) is 28.9 Å². The van der Waals surface area contributed by atoms with E-state index in [1.54, 1.807) is 7.11 Å². The van der Waals surface area contributed by atoms with Gasteiger partial charge in [-0.25, -0.2) is 0 Å². The lowest BCUT2D eigenvalue weighted by Crippen LogP contribution is -2.04. The number of rotatable bonds is 6. The molecule has 0 atom stereocenters. The lowest BCUT2D eigenvalue weighted by atomic mass is 10.3. The zero-order chi connectivity index (χ0) is 13.5. The summed E-state index contributed by atoms with van der Waals surface area (Å²) in [4.78, 5) is 1.30. The van der Waals surface area contributed by atoms with Crippen LogP contribution in [0.5, 0.6) is 5.75 Å². The van der Waals surface area contributed by atoms with Crippen LogP contribution < -0.4 is 10.1 Å². The lowest BCUT2D eigenvalue weighted by molar-refractivity contribution is 0.412. The first-order valence-corrected chi connectivity index (χ1v) is 7.83.